The standard InChI is InChI=1S/C9H16N2O3/c1-10(2)4-3-5-11-6-7(8(11)12)9(13)14/h7H,3-6H2,1-2H3,(H,13,14). The average Bonchev–Trinajstić information content (AvgIpc) is 2.08. The molecule has 5 heteroatoms. The van der Waals surface area contributed by atoms with E-state index in [4.69, 9.17) is 5.11 Å². The molecule has 0 aromatic heterocycles. The number of nitrogens with zero attached hydrogens (tertiary/aromatic N) is 2. The first-order valence-electron chi connectivity index (χ1n) is 4.68. The second-order valence-electron chi connectivity index (χ2n) is 3.83. The van der Waals surface area contributed by atoms with Crippen molar-refractivity contribution in [3.8, 4) is 0 Å². The third-order valence-corrected chi connectivity index (χ3v) is 2.34. The van der Waals surface area contributed by atoms with Crippen LogP contribution in [0, 0.1) is 5.92 Å². The minimum absolute atomic E-state index is 0.240. The van der Waals surface area contributed by atoms with Gasteiger partial charge in [0.25, 0.3) is 0 Å². The maximum atomic E-state index is 11.2. The Hall–Kier alpha value is -1.10. The summed E-state index contributed by atoms with van der Waals surface area (Å²) in [6, 6.07) is 0. The molecule has 0 saturated carbocycles. The van der Waals surface area contributed by atoms with Gasteiger partial charge < -0.3 is 14.9 Å². The van der Waals surface area contributed by atoms with E-state index in [1.165, 1.54) is 0 Å². The lowest BCUT2D eigenvalue weighted by molar-refractivity contribution is -0.162. The summed E-state index contributed by atoms with van der Waals surface area (Å²) in [6.45, 7) is 1.96. The molecule has 1 heterocycles. The quantitative estimate of drug-likeness (QED) is 0.479. The fraction of sp³-hybridized carbons (Fsp3) is 0.778. The highest BCUT2D eigenvalue weighted by Crippen LogP contribution is 2.17. The van der Waals surface area contributed by atoms with Gasteiger partial charge in [-0.15, -0.1) is 0 Å². The maximum Gasteiger partial charge on any atom is 0.317 e. The predicted octanol–water partition coefficient (Wildman–Crippen LogP) is -0.519. The Bertz CT molecular complexity index is 240. The average molecular weight is 200 g/mol. The van der Waals surface area contributed by atoms with Crippen molar-refractivity contribution in [2.45, 2.75) is 6.42 Å². The molecule has 1 amide bonds. The summed E-state index contributed by atoms with van der Waals surface area (Å²) in [6.07, 6.45) is 0.894. The van der Waals surface area contributed by atoms with E-state index in [1.807, 2.05) is 19.0 Å². The van der Waals surface area contributed by atoms with E-state index in [0.717, 1.165) is 13.0 Å². The number of carboxylic acid groups (broad SMARTS) is 1. The monoisotopic (exact) mass is 200 g/mol. The van der Waals surface area contributed by atoms with Gasteiger partial charge in [-0.2, -0.15) is 0 Å². The molecular weight excluding hydrogens is 184 g/mol. The molecule has 0 aromatic rings. The number of aliphatic carboxylic acids is 1. The number of carbonyl (C=O) groups excluding carboxylic acids is 1. The fourth-order valence-electron chi connectivity index (χ4n) is 1.46. The largest absolute Gasteiger partial charge is 0.481 e. The van der Waals surface area contributed by atoms with Crippen LogP contribution in [-0.2, 0) is 9.59 Å². The molecule has 1 unspecified atom stereocenters. The molecule has 0 spiro atoms. The highest BCUT2D eigenvalue weighted by atomic mass is 16.4. The van der Waals surface area contributed by atoms with Crippen LogP contribution in [-0.4, -0.2) is 60.5 Å². The summed E-state index contributed by atoms with van der Waals surface area (Å²) in [7, 11) is 3.94. The van der Waals surface area contributed by atoms with E-state index in [2.05, 4.69) is 0 Å². The van der Waals surface area contributed by atoms with Gasteiger partial charge in [-0.05, 0) is 27.1 Å². The number of carbonyl (C=O) groups is 2. The van der Waals surface area contributed by atoms with Crippen LogP contribution < -0.4 is 0 Å². The van der Waals surface area contributed by atoms with Crippen LogP contribution in [0.2, 0.25) is 0 Å². The molecule has 0 aromatic carbocycles. The van der Waals surface area contributed by atoms with Crippen molar-refractivity contribution < 1.29 is 14.7 Å². The number of hydrogen-bond donors (Lipinski definition) is 1. The van der Waals surface area contributed by atoms with Crippen LogP contribution >= 0.6 is 0 Å². The molecule has 0 aliphatic carbocycles. The molecule has 1 aliphatic heterocycles. The normalized spacial score (nSPS) is 21.2. The zero-order valence-electron chi connectivity index (χ0n) is 8.56. The topological polar surface area (TPSA) is 60.9 Å². The maximum absolute atomic E-state index is 11.2. The Morgan fingerprint density at radius 3 is 2.71 bits per heavy atom. The van der Waals surface area contributed by atoms with E-state index >= 15 is 0 Å². The minimum atomic E-state index is -1.00. The Balaban J connectivity index is 2.18. The van der Waals surface area contributed by atoms with Crippen molar-refractivity contribution in [1.29, 1.82) is 0 Å². The number of carboxylic acids is 1. The van der Waals surface area contributed by atoms with Crippen molar-refractivity contribution in [2.24, 2.45) is 5.92 Å². The molecule has 0 radical (unpaired) electrons. The van der Waals surface area contributed by atoms with Gasteiger partial charge in [-0.25, -0.2) is 0 Å². The summed E-state index contributed by atoms with van der Waals surface area (Å²) in [5, 5.41) is 8.58. The second kappa shape index (κ2) is 4.41. The van der Waals surface area contributed by atoms with Crippen LogP contribution in [0.3, 0.4) is 0 Å². The molecule has 1 atom stereocenters. The lowest BCUT2D eigenvalue weighted by Crippen LogP contribution is -2.56. The number of amides is 1. The lowest BCUT2D eigenvalue weighted by Gasteiger charge is -2.36. The van der Waals surface area contributed by atoms with E-state index in [1.54, 1.807) is 4.90 Å². The highest BCUT2D eigenvalue weighted by molar-refractivity contribution is 6.01. The molecule has 14 heavy (non-hydrogen) atoms. The summed E-state index contributed by atoms with van der Waals surface area (Å²) in [5.41, 5.74) is 0. The van der Waals surface area contributed by atoms with Gasteiger partial charge in [-0.1, -0.05) is 0 Å². The molecule has 5 nitrogen and oxygen atoms in total. The van der Waals surface area contributed by atoms with Crippen LogP contribution in [0.25, 0.3) is 0 Å². The van der Waals surface area contributed by atoms with E-state index < -0.39 is 11.9 Å². The van der Waals surface area contributed by atoms with Gasteiger partial charge in [-0.3, -0.25) is 9.59 Å². The smallest absolute Gasteiger partial charge is 0.317 e. The first-order valence-corrected chi connectivity index (χ1v) is 4.68. The number of β-lactam (4-membered cyclic amide) rings is 1. The van der Waals surface area contributed by atoms with Gasteiger partial charge in [0.2, 0.25) is 5.91 Å². The number of likely N-dealkylation sites (tertiary alicyclic amines) is 1. The number of rotatable bonds is 5. The molecule has 1 aliphatic rings. The van der Waals surface area contributed by atoms with Crippen LogP contribution in [0.5, 0.6) is 0 Å². The fourth-order valence-corrected chi connectivity index (χ4v) is 1.46. The van der Waals surface area contributed by atoms with Gasteiger partial charge >= 0.3 is 5.97 Å². The third kappa shape index (κ3) is 2.45. The van der Waals surface area contributed by atoms with E-state index in [9.17, 15) is 9.59 Å². The molecular formula is C9H16N2O3. The predicted molar refractivity (Wildman–Crippen MR) is 50.9 cm³/mol. The summed E-state index contributed by atoms with van der Waals surface area (Å²) < 4.78 is 0. The van der Waals surface area contributed by atoms with Crippen LogP contribution in [0.4, 0.5) is 0 Å². The Labute approximate surface area is 83.3 Å². The minimum Gasteiger partial charge on any atom is -0.481 e. The molecule has 1 fully saturated rings. The summed E-state index contributed by atoms with van der Waals surface area (Å²) >= 11 is 0. The van der Waals surface area contributed by atoms with Gasteiger partial charge in [0, 0.05) is 13.1 Å². The zero-order valence-corrected chi connectivity index (χ0v) is 8.56. The third-order valence-electron chi connectivity index (χ3n) is 2.34. The van der Waals surface area contributed by atoms with Gasteiger partial charge in [0.15, 0.2) is 5.92 Å². The molecule has 1 rings (SSSR count). The lowest BCUT2D eigenvalue weighted by atomic mass is 9.99. The molecule has 0 bridgehead atoms. The van der Waals surface area contributed by atoms with Gasteiger partial charge in [0.05, 0.1) is 0 Å². The van der Waals surface area contributed by atoms with Crippen molar-refractivity contribution in [3.05, 3.63) is 0 Å². The molecule has 1 N–H and O–H groups in total. The van der Waals surface area contributed by atoms with Crippen LogP contribution in [0.1, 0.15) is 6.42 Å². The summed E-state index contributed by atoms with van der Waals surface area (Å²) in [5.74, 6) is -2.02. The van der Waals surface area contributed by atoms with E-state index in [0.29, 0.717) is 13.1 Å². The first kappa shape index (κ1) is 11.0. The van der Waals surface area contributed by atoms with Crippen molar-refractivity contribution in [1.82, 2.24) is 9.80 Å². The Morgan fingerprint density at radius 1 is 1.64 bits per heavy atom. The highest BCUT2D eigenvalue weighted by Gasteiger charge is 2.41. The van der Waals surface area contributed by atoms with Crippen molar-refractivity contribution in [2.75, 3.05) is 33.7 Å². The molecule has 1 saturated heterocycles. The molecule has 80 valence electrons. The Morgan fingerprint density at radius 2 is 2.29 bits per heavy atom. The number of hydrogen-bond acceptors (Lipinski definition) is 3. The summed E-state index contributed by atoms with van der Waals surface area (Å²) in [4.78, 5) is 25.3. The van der Waals surface area contributed by atoms with Gasteiger partial charge in [0.1, 0.15) is 0 Å². The second-order valence-corrected chi connectivity index (χ2v) is 3.83. The van der Waals surface area contributed by atoms with Crippen LogP contribution in [0.15, 0.2) is 0 Å². The Kier molecular flexibility index (Phi) is 3.46. The van der Waals surface area contributed by atoms with Crippen molar-refractivity contribution in [3.63, 3.8) is 0 Å². The first-order chi connectivity index (χ1) is 6.52. The van der Waals surface area contributed by atoms with Crippen molar-refractivity contribution >= 4 is 11.9 Å². The zero-order chi connectivity index (χ0) is 10.7. The van der Waals surface area contributed by atoms with E-state index in [-0.39, 0.29) is 5.91 Å². The SMILES string of the molecule is CN(C)CCCN1CC(C(=O)O)C1=O.